The Bertz CT molecular complexity index is 1420. The van der Waals surface area contributed by atoms with Crippen LogP contribution >= 0.6 is 0 Å². The van der Waals surface area contributed by atoms with Crippen LogP contribution in [0, 0.1) is 22.2 Å². The molecule has 2 bridgehead atoms. The van der Waals surface area contributed by atoms with Crippen LogP contribution in [0.2, 0.25) is 18.6 Å². The van der Waals surface area contributed by atoms with E-state index in [1.807, 2.05) is 56.3 Å². The summed E-state index contributed by atoms with van der Waals surface area (Å²) in [4.78, 5) is 15.5. The molecule has 0 aromatic heterocycles. The molecule has 2 aromatic rings. The fourth-order valence-corrected chi connectivity index (χ4v) is 12.1. The lowest BCUT2D eigenvalue weighted by molar-refractivity contribution is -0.271. The minimum atomic E-state index is -2.38. The van der Waals surface area contributed by atoms with Crippen molar-refractivity contribution in [2.45, 2.75) is 77.9 Å². The first-order valence-electron chi connectivity index (χ1n) is 16.7. The number of hydrogen-bond acceptors (Lipinski definition) is 8. The molecule has 3 fully saturated rings. The molecule has 2 saturated heterocycles. The van der Waals surface area contributed by atoms with Crippen LogP contribution in [0.3, 0.4) is 0 Å². The fourth-order valence-electron chi connectivity index (χ4n) is 8.88. The van der Waals surface area contributed by atoms with Crippen molar-refractivity contribution in [3.63, 3.8) is 0 Å². The van der Waals surface area contributed by atoms with Crippen LogP contribution in [0.4, 0.5) is 0 Å². The number of allylic oxidation sites excluding steroid dienone is 1. The minimum Gasteiger partial charge on any atom is -0.497 e. The highest BCUT2D eigenvalue weighted by atomic mass is 28.4. The molecule has 46 heavy (non-hydrogen) atoms. The summed E-state index contributed by atoms with van der Waals surface area (Å²) in [6, 6.07) is 18.1. The van der Waals surface area contributed by atoms with Crippen molar-refractivity contribution in [2.75, 3.05) is 40.1 Å². The van der Waals surface area contributed by atoms with Crippen LogP contribution in [0.1, 0.15) is 45.2 Å². The summed E-state index contributed by atoms with van der Waals surface area (Å²) in [5.41, 5.74) is -0.207. The maximum Gasteiger partial charge on any atom is 0.236 e. The van der Waals surface area contributed by atoms with Gasteiger partial charge in [-0.15, -0.1) is 0 Å². The Morgan fingerprint density at radius 1 is 0.935 bits per heavy atom. The lowest BCUT2D eigenvalue weighted by Crippen LogP contribution is -2.76. The topological polar surface area (TPSA) is 81.7 Å². The van der Waals surface area contributed by atoms with Gasteiger partial charge in [-0.05, 0) is 68.2 Å². The third-order valence-electron chi connectivity index (χ3n) is 10.8. The molecule has 0 unspecified atom stereocenters. The van der Waals surface area contributed by atoms with E-state index in [-0.39, 0.29) is 23.8 Å². The number of carbonyl (C=O) groups is 1. The zero-order chi connectivity index (χ0) is 32.8. The average Bonchev–Trinajstić information content (AvgIpc) is 3.35. The quantitative estimate of drug-likeness (QED) is 0.165. The molecule has 250 valence electrons. The Morgan fingerprint density at radius 2 is 1.59 bits per heavy atom. The van der Waals surface area contributed by atoms with Gasteiger partial charge in [0.15, 0.2) is 8.32 Å². The van der Waals surface area contributed by atoms with E-state index in [9.17, 15) is 0 Å². The second kappa shape index (κ2) is 12.5. The van der Waals surface area contributed by atoms with Crippen LogP contribution < -0.4 is 4.74 Å². The largest absolute Gasteiger partial charge is 0.497 e. The highest BCUT2D eigenvalue weighted by Gasteiger charge is 2.84. The number of methoxy groups -OCH3 is 1. The van der Waals surface area contributed by atoms with Gasteiger partial charge in [-0.1, -0.05) is 56.3 Å². The molecule has 8 nitrogen and oxygen atoms in total. The summed E-state index contributed by atoms with van der Waals surface area (Å²) in [6.07, 6.45) is 2.48. The van der Waals surface area contributed by atoms with E-state index >= 15 is 4.79 Å². The Balaban J connectivity index is 1.40. The first-order chi connectivity index (χ1) is 22.0. The Hall–Kier alpha value is -2.53. The van der Waals surface area contributed by atoms with Gasteiger partial charge in [0.1, 0.15) is 23.0 Å². The number of rotatable bonds is 14. The molecule has 7 rings (SSSR count). The first kappa shape index (κ1) is 33.4. The highest BCUT2D eigenvalue weighted by molar-refractivity contribution is 6.73. The molecule has 2 heterocycles. The molecular weight excluding hydrogens is 600 g/mol. The fraction of sp³-hybridized carbons (Fsp3) is 0.595. The van der Waals surface area contributed by atoms with Crippen LogP contribution in [-0.2, 0) is 46.1 Å². The van der Waals surface area contributed by atoms with E-state index in [0.29, 0.717) is 39.6 Å². The molecule has 5 aliphatic rings. The number of benzene rings is 2. The number of Topliss-reactive ketones (excluding diaryl/α,β-unsaturated/α-hetero) is 1. The lowest BCUT2D eigenvalue weighted by atomic mass is 9.47. The smallest absolute Gasteiger partial charge is 0.236 e. The lowest BCUT2D eigenvalue weighted by Gasteiger charge is -2.65. The van der Waals surface area contributed by atoms with Gasteiger partial charge in [-0.2, -0.15) is 0 Å². The average molecular weight is 651 g/mol. The van der Waals surface area contributed by atoms with Crippen molar-refractivity contribution < 1.29 is 37.6 Å². The summed E-state index contributed by atoms with van der Waals surface area (Å²) >= 11 is 0. The summed E-state index contributed by atoms with van der Waals surface area (Å²) < 4.78 is 45.2. The molecule has 2 aliphatic heterocycles. The normalized spacial score (nSPS) is 30.5. The van der Waals surface area contributed by atoms with Gasteiger partial charge in [-0.25, -0.2) is 0 Å². The van der Waals surface area contributed by atoms with Crippen molar-refractivity contribution in [1.29, 1.82) is 0 Å². The zero-order valence-corrected chi connectivity index (χ0v) is 29.4. The van der Waals surface area contributed by atoms with Crippen molar-refractivity contribution >= 4 is 14.1 Å². The van der Waals surface area contributed by atoms with Gasteiger partial charge >= 0.3 is 0 Å². The first-order valence-corrected chi connectivity index (χ1v) is 19.7. The molecule has 1 saturated carbocycles. The second-order valence-electron chi connectivity index (χ2n) is 14.5. The van der Waals surface area contributed by atoms with Gasteiger partial charge in [-0.3, -0.25) is 4.79 Å². The van der Waals surface area contributed by atoms with E-state index in [1.54, 1.807) is 7.11 Å². The molecule has 5 atom stereocenters. The molecule has 1 spiro atoms. The summed E-state index contributed by atoms with van der Waals surface area (Å²) in [6.45, 7) is 15.3. The van der Waals surface area contributed by atoms with E-state index < -0.39 is 36.5 Å². The molecule has 0 N–H and O–H groups in total. The summed E-state index contributed by atoms with van der Waals surface area (Å²) in [5.74, 6) is -0.0693. The Labute approximate surface area is 274 Å². The SMILES string of the molecule is CCOC1(OCC)C(=O)[C@@]23C4=C[C@@H]1C[C@@H]2[Si](C)(C)OC[C@]3(COCc1ccccc1)[C@H](C(C)(C)COCc1ccc(OC)cc1)O4. The van der Waals surface area contributed by atoms with Crippen LogP contribution in [0.5, 0.6) is 5.75 Å². The monoisotopic (exact) mass is 650 g/mol. The van der Waals surface area contributed by atoms with Gasteiger partial charge in [0.2, 0.25) is 11.6 Å². The Morgan fingerprint density at radius 3 is 2.24 bits per heavy atom. The number of fused-ring (bicyclic) bond motifs is 1. The Kier molecular flexibility index (Phi) is 9.06. The molecule has 3 aliphatic carbocycles. The van der Waals surface area contributed by atoms with Crippen LogP contribution in [0.15, 0.2) is 66.4 Å². The van der Waals surface area contributed by atoms with E-state index in [1.165, 1.54) is 0 Å². The molecule has 9 heteroatoms. The number of ether oxygens (including phenoxy) is 6. The summed E-state index contributed by atoms with van der Waals surface area (Å²) in [5, 5.41) is 0. The van der Waals surface area contributed by atoms with Crippen molar-refractivity contribution in [2.24, 2.45) is 22.2 Å². The predicted molar refractivity (Wildman–Crippen MR) is 177 cm³/mol. The molecule has 2 aromatic carbocycles. The van der Waals surface area contributed by atoms with Gasteiger partial charge in [0.05, 0.1) is 39.0 Å². The number of carbonyl (C=O) groups excluding carboxylic acids is 1. The highest BCUT2D eigenvalue weighted by Crippen LogP contribution is 2.76. The molecular formula is C37H50O8Si. The van der Waals surface area contributed by atoms with Crippen molar-refractivity contribution in [1.82, 2.24) is 0 Å². The van der Waals surface area contributed by atoms with Crippen LogP contribution in [0.25, 0.3) is 0 Å². The standard InChI is InChI=1S/C37H50O8Si/c1-8-42-37(43-9-2)28-19-30-36(32(37)38)31(20-28)46(6,7)44-25-35(36,24-41-21-26-13-11-10-12-14-26)33(45-30)34(3,4)23-40-22-27-15-17-29(39-5)18-16-27/h10-19,28,31,33H,8-9,20-25H2,1-7H3/t28-,31+,33+,35-,36-/m1/s1. The third-order valence-corrected chi connectivity index (χ3v) is 14.0. The molecule has 0 amide bonds. The van der Waals surface area contributed by atoms with Gasteiger partial charge in [0.25, 0.3) is 0 Å². The van der Waals surface area contributed by atoms with Gasteiger partial charge < -0.3 is 32.8 Å². The zero-order valence-electron chi connectivity index (χ0n) is 28.4. The second-order valence-corrected chi connectivity index (χ2v) is 18.6. The maximum absolute atomic E-state index is 15.5. The number of ketones is 1. The van der Waals surface area contributed by atoms with Crippen molar-refractivity contribution in [3.8, 4) is 5.75 Å². The minimum absolute atomic E-state index is 0.0124. The number of hydrogen-bond donors (Lipinski definition) is 0. The summed E-state index contributed by atoms with van der Waals surface area (Å²) in [7, 11) is -0.714. The third kappa shape index (κ3) is 5.09. The van der Waals surface area contributed by atoms with Crippen LogP contribution in [-0.4, -0.2) is 66.1 Å². The maximum atomic E-state index is 15.5. The van der Waals surface area contributed by atoms with Gasteiger partial charge in [0, 0.05) is 31.2 Å². The predicted octanol–water partition coefficient (Wildman–Crippen LogP) is 6.69. The van der Waals surface area contributed by atoms with E-state index in [4.69, 9.17) is 32.8 Å². The molecule has 0 radical (unpaired) electrons. The van der Waals surface area contributed by atoms with E-state index in [0.717, 1.165) is 29.1 Å². The van der Waals surface area contributed by atoms with Crippen molar-refractivity contribution in [3.05, 3.63) is 77.6 Å². The van der Waals surface area contributed by atoms with E-state index in [2.05, 4.69) is 45.2 Å².